The van der Waals surface area contributed by atoms with E-state index in [1.807, 2.05) is 50.2 Å². The summed E-state index contributed by atoms with van der Waals surface area (Å²) in [5.74, 6) is -0.0932. The smallest absolute Gasteiger partial charge is 0.257 e. The molecule has 0 unspecified atom stereocenters. The summed E-state index contributed by atoms with van der Waals surface area (Å²) < 4.78 is 0. The number of carbonyl (C=O) groups is 1. The summed E-state index contributed by atoms with van der Waals surface area (Å²) in [6, 6.07) is 13.3. The standard InChI is InChI=1S/C17H19NO2/c1-12-9-10-15(16(19)13(12)2)17(20)18(3)11-14-7-5-4-6-8-14/h4-10,19H,11H2,1-3H3. The minimum absolute atomic E-state index is 0.0786. The van der Waals surface area contributed by atoms with Gasteiger partial charge in [0.05, 0.1) is 5.56 Å². The predicted octanol–water partition coefficient (Wildman–Crippen LogP) is 3.28. The Morgan fingerprint density at radius 3 is 2.40 bits per heavy atom. The third-order valence-corrected chi connectivity index (χ3v) is 3.54. The molecule has 0 radical (unpaired) electrons. The van der Waals surface area contributed by atoms with Gasteiger partial charge in [0.15, 0.2) is 0 Å². The average molecular weight is 269 g/mol. The molecule has 20 heavy (non-hydrogen) atoms. The summed E-state index contributed by atoms with van der Waals surface area (Å²) in [4.78, 5) is 14.0. The second kappa shape index (κ2) is 5.78. The zero-order valence-electron chi connectivity index (χ0n) is 12.1. The van der Waals surface area contributed by atoms with E-state index in [1.165, 1.54) is 0 Å². The van der Waals surface area contributed by atoms with E-state index in [9.17, 15) is 9.90 Å². The minimum atomic E-state index is -0.172. The van der Waals surface area contributed by atoms with Gasteiger partial charge in [-0.1, -0.05) is 36.4 Å². The third kappa shape index (κ3) is 2.82. The second-order valence-electron chi connectivity index (χ2n) is 5.05. The van der Waals surface area contributed by atoms with Crippen LogP contribution < -0.4 is 0 Å². The molecule has 0 saturated heterocycles. The van der Waals surface area contributed by atoms with Crippen molar-refractivity contribution in [2.45, 2.75) is 20.4 Å². The topological polar surface area (TPSA) is 40.5 Å². The monoisotopic (exact) mass is 269 g/mol. The molecule has 0 spiro atoms. The van der Waals surface area contributed by atoms with Gasteiger partial charge in [-0.25, -0.2) is 0 Å². The number of benzene rings is 2. The Bertz CT molecular complexity index is 620. The lowest BCUT2D eigenvalue weighted by Gasteiger charge is -2.19. The third-order valence-electron chi connectivity index (χ3n) is 3.54. The molecule has 0 aliphatic carbocycles. The van der Waals surface area contributed by atoms with E-state index < -0.39 is 0 Å². The molecule has 0 atom stereocenters. The summed E-state index contributed by atoms with van der Waals surface area (Å²) >= 11 is 0. The Labute approximate surface area is 119 Å². The maximum atomic E-state index is 12.4. The Hall–Kier alpha value is -2.29. The van der Waals surface area contributed by atoms with Crippen LogP contribution in [0.3, 0.4) is 0 Å². The summed E-state index contributed by atoms with van der Waals surface area (Å²) in [5, 5.41) is 10.1. The van der Waals surface area contributed by atoms with Crippen molar-refractivity contribution in [3.8, 4) is 5.75 Å². The van der Waals surface area contributed by atoms with Crippen LogP contribution in [-0.2, 0) is 6.54 Å². The predicted molar refractivity (Wildman–Crippen MR) is 79.8 cm³/mol. The van der Waals surface area contributed by atoms with Gasteiger partial charge in [-0.2, -0.15) is 0 Å². The first kappa shape index (κ1) is 14.1. The molecule has 2 aromatic carbocycles. The quantitative estimate of drug-likeness (QED) is 0.929. The number of aromatic hydroxyl groups is 1. The first-order chi connectivity index (χ1) is 9.50. The number of hydrogen-bond acceptors (Lipinski definition) is 2. The first-order valence-corrected chi connectivity index (χ1v) is 6.59. The minimum Gasteiger partial charge on any atom is -0.507 e. The highest BCUT2D eigenvalue weighted by molar-refractivity contribution is 5.97. The number of hydrogen-bond donors (Lipinski definition) is 1. The van der Waals surface area contributed by atoms with E-state index in [-0.39, 0.29) is 11.7 Å². The maximum absolute atomic E-state index is 12.4. The highest BCUT2D eigenvalue weighted by Crippen LogP contribution is 2.26. The lowest BCUT2D eigenvalue weighted by Crippen LogP contribution is -2.26. The molecule has 0 aliphatic rings. The average Bonchev–Trinajstić information content (AvgIpc) is 2.45. The van der Waals surface area contributed by atoms with E-state index in [0.29, 0.717) is 12.1 Å². The lowest BCUT2D eigenvalue weighted by atomic mass is 10.0. The van der Waals surface area contributed by atoms with Gasteiger partial charge in [0, 0.05) is 13.6 Å². The number of phenolic OH excluding ortho intramolecular Hbond substituents is 1. The van der Waals surface area contributed by atoms with E-state index in [0.717, 1.165) is 16.7 Å². The van der Waals surface area contributed by atoms with Crippen LogP contribution in [0.15, 0.2) is 42.5 Å². The van der Waals surface area contributed by atoms with Crippen LogP contribution >= 0.6 is 0 Å². The number of rotatable bonds is 3. The number of amides is 1. The Morgan fingerprint density at radius 1 is 1.10 bits per heavy atom. The molecule has 0 aromatic heterocycles. The SMILES string of the molecule is Cc1ccc(C(=O)N(C)Cc2ccccc2)c(O)c1C. The van der Waals surface area contributed by atoms with Gasteiger partial charge in [-0.3, -0.25) is 4.79 Å². The molecule has 2 rings (SSSR count). The van der Waals surface area contributed by atoms with Crippen molar-refractivity contribution < 1.29 is 9.90 Å². The van der Waals surface area contributed by atoms with Gasteiger partial charge in [-0.15, -0.1) is 0 Å². The maximum Gasteiger partial charge on any atom is 0.257 e. The van der Waals surface area contributed by atoms with E-state index >= 15 is 0 Å². The van der Waals surface area contributed by atoms with E-state index in [1.54, 1.807) is 18.0 Å². The Balaban J connectivity index is 2.21. The van der Waals surface area contributed by atoms with Crippen molar-refractivity contribution >= 4 is 5.91 Å². The number of aryl methyl sites for hydroxylation is 1. The van der Waals surface area contributed by atoms with Crippen LogP contribution in [0.25, 0.3) is 0 Å². The molecular weight excluding hydrogens is 250 g/mol. The van der Waals surface area contributed by atoms with Gasteiger partial charge in [0.25, 0.3) is 5.91 Å². The number of phenols is 1. The van der Waals surface area contributed by atoms with Crippen molar-refractivity contribution in [1.82, 2.24) is 4.90 Å². The molecule has 2 aromatic rings. The highest BCUT2D eigenvalue weighted by atomic mass is 16.3. The molecule has 0 bridgehead atoms. The van der Waals surface area contributed by atoms with Crippen LogP contribution in [0.1, 0.15) is 27.0 Å². The van der Waals surface area contributed by atoms with Crippen molar-refractivity contribution in [3.63, 3.8) is 0 Å². The van der Waals surface area contributed by atoms with Crippen molar-refractivity contribution in [1.29, 1.82) is 0 Å². The normalized spacial score (nSPS) is 10.3. The van der Waals surface area contributed by atoms with Gasteiger partial charge in [-0.05, 0) is 36.6 Å². The molecule has 1 amide bonds. The fourth-order valence-corrected chi connectivity index (χ4v) is 2.11. The van der Waals surface area contributed by atoms with Crippen LogP contribution in [0.5, 0.6) is 5.75 Å². The summed E-state index contributed by atoms with van der Waals surface area (Å²) in [7, 11) is 1.74. The molecule has 1 N–H and O–H groups in total. The molecular formula is C17H19NO2. The van der Waals surface area contributed by atoms with E-state index in [2.05, 4.69) is 0 Å². The van der Waals surface area contributed by atoms with Gasteiger partial charge in [0.1, 0.15) is 5.75 Å². The van der Waals surface area contributed by atoms with Crippen molar-refractivity contribution in [2.75, 3.05) is 7.05 Å². The van der Waals surface area contributed by atoms with Crippen molar-refractivity contribution in [3.05, 3.63) is 64.7 Å². The zero-order chi connectivity index (χ0) is 14.7. The molecule has 0 saturated carbocycles. The molecule has 0 heterocycles. The molecule has 0 fully saturated rings. The number of nitrogens with zero attached hydrogens (tertiary/aromatic N) is 1. The summed E-state index contributed by atoms with van der Waals surface area (Å²) in [6.45, 7) is 4.25. The largest absolute Gasteiger partial charge is 0.507 e. The fourth-order valence-electron chi connectivity index (χ4n) is 2.11. The second-order valence-corrected chi connectivity index (χ2v) is 5.05. The molecule has 0 aliphatic heterocycles. The van der Waals surface area contributed by atoms with Crippen LogP contribution in [0, 0.1) is 13.8 Å². The lowest BCUT2D eigenvalue weighted by molar-refractivity contribution is 0.0782. The Kier molecular flexibility index (Phi) is 4.08. The van der Waals surface area contributed by atoms with Gasteiger partial charge in [0.2, 0.25) is 0 Å². The van der Waals surface area contributed by atoms with Crippen LogP contribution in [0.2, 0.25) is 0 Å². The summed E-state index contributed by atoms with van der Waals surface area (Å²) in [5.41, 5.74) is 3.15. The molecule has 3 nitrogen and oxygen atoms in total. The summed E-state index contributed by atoms with van der Waals surface area (Å²) in [6.07, 6.45) is 0. The van der Waals surface area contributed by atoms with Crippen LogP contribution in [-0.4, -0.2) is 23.0 Å². The Morgan fingerprint density at radius 2 is 1.75 bits per heavy atom. The number of carbonyl (C=O) groups excluding carboxylic acids is 1. The molecule has 3 heteroatoms. The first-order valence-electron chi connectivity index (χ1n) is 6.59. The van der Waals surface area contributed by atoms with E-state index in [4.69, 9.17) is 0 Å². The van der Waals surface area contributed by atoms with Crippen LogP contribution in [0.4, 0.5) is 0 Å². The fraction of sp³-hybridized carbons (Fsp3) is 0.235. The van der Waals surface area contributed by atoms with Crippen molar-refractivity contribution in [2.24, 2.45) is 0 Å². The van der Waals surface area contributed by atoms with Gasteiger partial charge >= 0.3 is 0 Å². The van der Waals surface area contributed by atoms with Gasteiger partial charge < -0.3 is 10.0 Å². The highest BCUT2D eigenvalue weighted by Gasteiger charge is 2.17. The zero-order valence-corrected chi connectivity index (χ0v) is 12.1. The molecule has 104 valence electrons.